The van der Waals surface area contributed by atoms with Crippen LogP contribution in [0.15, 0.2) is 81.4 Å². The minimum Gasteiger partial charge on any atom is -0.278 e. The molecule has 134 valence electrons. The third-order valence-corrected chi connectivity index (χ3v) is 6.85. The number of hydrogen-bond donors (Lipinski definition) is 1. The molecule has 0 bridgehead atoms. The second kappa shape index (κ2) is 7.74. The maximum atomic E-state index is 12.9. The van der Waals surface area contributed by atoms with Crippen LogP contribution in [0.5, 0.6) is 0 Å². The lowest BCUT2D eigenvalue weighted by Crippen LogP contribution is -2.15. The molecular formula is C20H18ClNO2S2. The Kier molecular flexibility index (Phi) is 5.61. The smallest absolute Gasteiger partial charge is 0.262 e. The number of rotatable bonds is 5. The Bertz CT molecular complexity index is 1030. The van der Waals surface area contributed by atoms with Gasteiger partial charge in [-0.3, -0.25) is 4.72 Å². The Labute approximate surface area is 163 Å². The normalized spacial score (nSPS) is 11.3. The summed E-state index contributed by atoms with van der Waals surface area (Å²) in [5, 5.41) is 0.557. The fourth-order valence-electron chi connectivity index (χ4n) is 2.50. The summed E-state index contributed by atoms with van der Waals surface area (Å²) in [4.78, 5) is 2.11. The SMILES string of the molecule is Cc1cc(S(=O)(=O)Nc2ccccc2Sc2ccccc2)c(C)cc1Cl. The summed E-state index contributed by atoms with van der Waals surface area (Å²) in [6.07, 6.45) is 0. The standard InChI is InChI=1S/C20H18ClNO2S2/c1-14-13-20(15(2)12-17(14)21)26(23,24)22-18-10-6-7-11-19(18)25-16-8-4-3-5-9-16/h3-13,22H,1-2H3. The van der Waals surface area contributed by atoms with Gasteiger partial charge in [0.15, 0.2) is 0 Å². The first-order valence-electron chi connectivity index (χ1n) is 7.98. The summed E-state index contributed by atoms with van der Waals surface area (Å²) in [6.45, 7) is 3.53. The highest BCUT2D eigenvalue weighted by Crippen LogP contribution is 2.35. The summed E-state index contributed by atoms with van der Waals surface area (Å²) in [7, 11) is -3.72. The van der Waals surface area contributed by atoms with Crippen molar-refractivity contribution in [3.05, 3.63) is 82.9 Å². The van der Waals surface area contributed by atoms with Crippen molar-refractivity contribution in [2.24, 2.45) is 0 Å². The van der Waals surface area contributed by atoms with E-state index in [0.717, 1.165) is 15.4 Å². The van der Waals surface area contributed by atoms with Gasteiger partial charge in [-0.1, -0.05) is 53.7 Å². The highest BCUT2D eigenvalue weighted by molar-refractivity contribution is 7.99. The molecule has 0 saturated carbocycles. The zero-order chi connectivity index (χ0) is 18.7. The molecule has 0 aromatic heterocycles. The number of anilines is 1. The van der Waals surface area contributed by atoms with Crippen molar-refractivity contribution in [3.63, 3.8) is 0 Å². The topological polar surface area (TPSA) is 46.2 Å². The summed E-state index contributed by atoms with van der Waals surface area (Å²) < 4.78 is 28.6. The fraction of sp³-hybridized carbons (Fsp3) is 0.100. The average molecular weight is 404 g/mol. The van der Waals surface area contributed by atoms with Gasteiger partial charge in [0.25, 0.3) is 10.0 Å². The molecule has 3 rings (SSSR count). The minimum absolute atomic E-state index is 0.235. The average Bonchev–Trinajstić information content (AvgIpc) is 2.60. The van der Waals surface area contributed by atoms with Crippen molar-refractivity contribution in [3.8, 4) is 0 Å². The largest absolute Gasteiger partial charge is 0.278 e. The molecule has 0 spiro atoms. The maximum Gasteiger partial charge on any atom is 0.262 e. The highest BCUT2D eigenvalue weighted by atomic mass is 35.5. The van der Waals surface area contributed by atoms with E-state index in [9.17, 15) is 8.42 Å². The van der Waals surface area contributed by atoms with Gasteiger partial charge in [-0.15, -0.1) is 0 Å². The Morgan fingerprint density at radius 1 is 0.885 bits per heavy atom. The maximum absolute atomic E-state index is 12.9. The van der Waals surface area contributed by atoms with Crippen LogP contribution in [0.4, 0.5) is 5.69 Å². The number of benzene rings is 3. The molecule has 6 heteroatoms. The molecule has 0 fully saturated rings. The van der Waals surface area contributed by atoms with Gasteiger partial charge in [-0.05, 0) is 61.4 Å². The van der Waals surface area contributed by atoms with Crippen molar-refractivity contribution in [2.75, 3.05) is 4.72 Å². The van der Waals surface area contributed by atoms with Crippen LogP contribution in [0.25, 0.3) is 0 Å². The van der Waals surface area contributed by atoms with Crippen LogP contribution in [-0.4, -0.2) is 8.42 Å². The molecule has 0 heterocycles. The van der Waals surface area contributed by atoms with E-state index in [-0.39, 0.29) is 4.90 Å². The molecule has 1 N–H and O–H groups in total. The van der Waals surface area contributed by atoms with E-state index < -0.39 is 10.0 Å². The molecule has 3 aromatic carbocycles. The van der Waals surface area contributed by atoms with Gasteiger partial charge < -0.3 is 0 Å². The molecule has 0 aliphatic rings. The van der Waals surface area contributed by atoms with E-state index in [0.29, 0.717) is 16.3 Å². The number of sulfonamides is 1. The predicted octanol–water partition coefficient (Wildman–Crippen LogP) is 5.91. The number of para-hydroxylation sites is 1. The number of halogens is 1. The van der Waals surface area contributed by atoms with E-state index >= 15 is 0 Å². The van der Waals surface area contributed by atoms with E-state index in [1.54, 1.807) is 32.0 Å². The molecule has 26 heavy (non-hydrogen) atoms. The van der Waals surface area contributed by atoms with Crippen LogP contribution in [0.3, 0.4) is 0 Å². The monoisotopic (exact) mass is 403 g/mol. The van der Waals surface area contributed by atoms with Gasteiger partial charge in [0, 0.05) is 14.8 Å². The molecule has 0 aliphatic heterocycles. The minimum atomic E-state index is -3.72. The lowest BCUT2D eigenvalue weighted by molar-refractivity contribution is 0.600. The van der Waals surface area contributed by atoms with E-state index in [1.165, 1.54) is 11.8 Å². The molecule has 0 saturated heterocycles. The van der Waals surface area contributed by atoms with Crippen molar-refractivity contribution in [1.29, 1.82) is 0 Å². The molecule has 0 aliphatic carbocycles. The number of nitrogens with one attached hydrogen (secondary N) is 1. The zero-order valence-corrected chi connectivity index (χ0v) is 16.8. The first kappa shape index (κ1) is 18.8. The lowest BCUT2D eigenvalue weighted by Gasteiger charge is -2.14. The molecule has 0 amide bonds. The van der Waals surface area contributed by atoms with Crippen molar-refractivity contribution >= 4 is 39.1 Å². The van der Waals surface area contributed by atoms with Gasteiger partial charge in [0.05, 0.1) is 10.6 Å². The summed E-state index contributed by atoms with van der Waals surface area (Å²) in [5.41, 5.74) is 1.89. The molecule has 0 atom stereocenters. The van der Waals surface area contributed by atoms with E-state index in [2.05, 4.69) is 4.72 Å². The zero-order valence-electron chi connectivity index (χ0n) is 14.4. The quantitative estimate of drug-likeness (QED) is 0.576. The van der Waals surface area contributed by atoms with Gasteiger partial charge in [-0.25, -0.2) is 8.42 Å². The molecule has 0 radical (unpaired) electrons. The summed E-state index contributed by atoms with van der Waals surface area (Å²) in [5.74, 6) is 0. The Balaban J connectivity index is 1.95. The third kappa shape index (κ3) is 4.23. The third-order valence-electron chi connectivity index (χ3n) is 3.85. The van der Waals surface area contributed by atoms with Crippen LogP contribution in [0.1, 0.15) is 11.1 Å². The van der Waals surface area contributed by atoms with Gasteiger partial charge in [0.1, 0.15) is 0 Å². The second-order valence-electron chi connectivity index (χ2n) is 5.88. The van der Waals surface area contributed by atoms with E-state index in [1.807, 2.05) is 48.5 Å². The number of aryl methyl sites for hydroxylation is 2. The van der Waals surface area contributed by atoms with Crippen molar-refractivity contribution in [2.45, 2.75) is 28.5 Å². The Morgan fingerprint density at radius 3 is 2.27 bits per heavy atom. The fourth-order valence-corrected chi connectivity index (χ4v) is 5.10. The summed E-state index contributed by atoms with van der Waals surface area (Å²) >= 11 is 7.60. The molecule has 3 nitrogen and oxygen atoms in total. The van der Waals surface area contributed by atoms with Crippen LogP contribution in [0.2, 0.25) is 5.02 Å². The molecule has 3 aromatic rings. The van der Waals surface area contributed by atoms with Crippen molar-refractivity contribution in [1.82, 2.24) is 0 Å². The Hall–Kier alpha value is -1.95. The van der Waals surface area contributed by atoms with Crippen molar-refractivity contribution < 1.29 is 8.42 Å². The van der Waals surface area contributed by atoms with Crippen LogP contribution >= 0.6 is 23.4 Å². The first-order chi connectivity index (χ1) is 12.4. The molecule has 0 unspecified atom stereocenters. The van der Waals surface area contributed by atoms with Gasteiger partial charge in [0.2, 0.25) is 0 Å². The first-order valence-corrected chi connectivity index (χ1v) is 10.7. The van der Waals surface area contributed by atoms with Crippen LogP contribution in [-0.2, 0) is 10.0 Å². The second-order valence-corrected chi connectivity index (χ2v) is 9.06. The summed E-state index contributed by atoms with van der Waals surface area (Å²) in [6, 6.07) is 20.5. The number of hydrogen-bond acceptors (Lipinski definition) is 3. The lowest BCUT2D eigenvalue weighted by atomic mass is 10.2. The van der Waals surface area contributed by atoms with E-state index in [4.69, 9.17) is 11.6 Å². The predicted molar refractivity (Wildman–Crippen MR) is 109 cm³/mol. The van der Waals surface area contributed by atoms with Gasteiger partial charge >= 0.3 is 0 Å². The van der Waals surface area contributed by atoms with Gasteiger partial charge in [-0.2, -0.15) is 0 Å². The molecular weight excluding hydrogens is 386 g/mol. The Morgan fingerprint density at radius 2 is 1.54 bits per heavy atom. The highest BCUT2D eigenvalue weighted by Gasteiger charge is 2.20. The van der Waals surface area contributed by atoms with Crippen LogP contribution in [0, 0.1) is 13.8 Å². The van der Waals surface area contributed by atoms with Crippen LogP contribution < -0.4 is 4.72 Å².